The van der Waals surface area contributed by atoms with Crippen LogP contribution in [-0.4, -0.2) is 58.8 Å². The average molecular weight is 547 g/mol. The predicted octanol–water partition coefficient (Wildman–Crippen LogP) is 1.89. The normalized spacial score (nSPS) is 22.3. The maximum atomic E-state index is 14.7. The lowest BCUT2D eigenvalue weighted by molar-refractivity contribution is -0.137. The second-order valence-electron chi connectivity index (χ2n) is 8.45. The van der Waals surface area contributed by atoms with Crippen molar-refractivity contribution in [2.24, 2.45) is 11.1 Å². The number of carbonyl (C=O) groups is 1. The van der Waals surface area contributed by atoms with E-state index in [4.69, 9.17) is 9.56 Å². The molecule has 1 saturated carbocycles. The zero-order chi connectivity index (χ0) is 27.0. The Morgan fingerprint density at radius 2 is 2.14 bits per heavy atom. The number of halogens is 4. The highest BCUT2D eigenvalue weighted by Crippen LogP contribution is 2.33. The monoisotopic (exact) mass is 547 g/mol. The van der Waals surface area contributed by atoms with Crippen molar-refractivity contribution >= 4 is 21.9 Å². The van der Waals surface area contributed by atoms with Gasteiger partial charge in [-0.1, -0.05) is 0 Å². The molecule has 1 aliphatic carbocycles. The molecule has 0 unspecified atom stereocenters. The molecule has 3 aromatic heterocycles. The third kappa shape index (κ3) is 6.33. The highest BCUT2D eigenvalue weighted by molar-refractivity contribution is 7.84. The molecule has 0 saturated heterocycles. The van der Waals surface area contributed by atoms with Gasteiger partial charge in [0.25, 0.3) is 0 Å². The average Bonchev–Trinajstić information content (AvgIpc) is 3.54. The second kappa shape index (κ2) is 10.2. The topological polar surface area (TPSA) is 163 Å². The van der Waals surface area contributed by atoms with Crippen LogP contribution in [0, 0.1) is 5.92 Å². The van der Waals surface area contributed by atoms with E-state index in [-0.39, 0.29) is 35.7 Å². The van der Waals surface area contributed by atoms with Crippen molar-refractivity contribution in [2.45, 2.75) is 37.5 Å². The molecule has 4 N–H and O–H groups in total. The summed E-state index contributed by atoms with van der Waals surface area (Å²) in [5, 5.41) is 17.7. The maximum absolute atomic E-state index is 14.7. The molecule has 0 radical (unpaired) electrons. The van der Waals surface area contributed by atoms with Crippen LogP contribution in [0.5, 0.6) is 0 Å². The van der Waals surface area contributed by atoms with Gasteiger partial charge in [-0.25, -0.2) is 19.5 Å². The molecule has 1 fully saturated rings. The van der Waals surface area contributed by atoms with Gasteiger partial charge in [0.15, 0.2) is 5.78 Å². The van der Waals surface area contributed by atoms with Gasteiger partial charge in [0.2, 0.25) is 0 Å². The van der Waals surface area contributed by atoms with Crippen LogP contribution in [0.3, 0.4) is 0 Å². The molecule has 0 amide bonds. The first-order valence-corrected chi connectivity index (χ1v) is 12.2. The Labute approximate surface area is 207 Å². The van der Waals surface area contributed by atoms with Crippen LogP contribution in [0.25, 0.3) is 0 Å². The smallest absolute Gasteiger partial charge is 0.419 e. The minimum atomic E-state index is -4.54. The summed E-state index contributed by atoms with van der Waals surface area (Å²) >= 11 is 0. The number of ketones is 1. The summed E-state index contributed by atoms with van der Waals surface area (Å²) in [6.45, 7) is -0.590. The van der Waals surface area contributed by atoms with E-state index in [1.807, 2.05) is 0 Å². The summed E-state index contributed by atoms with van der Waals surface area (Å²) in [7, 11) is -4.28. The number of aliphatic hydroxyl groups excluding tert-OH is 1. The van der Waals surface area contributed by atoms with Crippen molar-refractivity contribution in [3.63, 3.8) is 0 Å². The fourth-order valence-corrected chi connectivity index (χ4v) is 4.35. The van der Waals surface area contributed by atoms with Gasteiger partial charge in [-0.15, -0.1) is 0 Å². The lowest BCUT2D eigenvalue weighted by Crippen LogP contribution is -2.33. The molecule has 16 heteroatoms. The van der Waals surface area contributed by atoms with E-state index in [1.165, 1.54) is 29.2 Å². The molecular formula is C21H21F4N5O6S. The Balaban J connectivity index is 1.46. The number of aromatic nitrogens is 3. The maximum Gasteiger partial charge on any atom is 0.419 e. The molecule has 1 aliphatic rings. The van der Waals surface area contributed by atoms with E-state index in [0.29, 0.717) is 6.26 Å². The summed E-state index contributed by atoms with van der Waals surface area (Å²) in [6, 6.07) is 1.26. The molecule has 37 heavy (non-hydrogen) atoms. The van der Waals surface area contributed by atoms with Gasteiger partial charge in [-0.3, -0.25) is 8.98 Å². The van der Waals surface area contributed by atoms with E-state index < -0.39 is 58.7 Å². The number of anilines is 1. The van der Waals surface area contributed by atoms with Crippen LogP contribution >= 0.6 is 0 Å². The molecule has 200 valence electrons. The Kier molecular flexibility index (Phi) is 7.36. The number of nitrogens with one attached hydrogen (secondary N) is 1. The number of aliphatic hydroxyl groups is 1. The zero-order valence-corrected chi connectivity index (χ0v) is 19.6. The van der Waals surface area contributed by atoms with E-state index in [2.05, 4.69) is 19.5 Å². The van der Waals surface area contributed by atoms with Crippen LogP contribution in [0.15, 0.2) is 47.7 Å². The SMILES string of the molecule is NS(=O)(=O)OC[C@H]1C[C@@H](Nc2ncncc2C(=O)c2ccn(Cc3cc(C(F)(F)F)co3)c2)[C@@H](F)[C@@H]1O. The standard InChI is InChI=1S/C21H21F4N5O6S/c22-17-16(3-12(19(17)32)8-36-37(26,33)34)29-20-15(5-27-10-28-20)18(31)11-1-2-30(6-11)7-14-4-13(9-35-14)21(23,24)25/h1-2,4-6,9-10,12,16-17,19,32H,3,7-8H2,(H2,26,33,34)(H,27,28,29)/t12-,16-,17-,19-/m1/s1. The molecule has 0 aliphatic heterocycles. The van der Waals surface area contributed by atoms with Crippen molar-refractivity contribution in [3.8, 4) is 0 Å². The van der Waals surface area contributed by atoms with E-state index in [1.54, 1.807) is 0 Å². The van der Waals surface area contributed by atoms with Gasteiger partial charge in [0.05, 0.1) is 36.4 Å². The number of hydrogen-bond acceptors (Lipinski definition) is 9. The van der Waals surface area contributed by atoms with Crippen molar-refractivity contribution in [3.05, 3.63) is 65.8 Å². The van der Waals surface area contributed by atoms with E-state index in [9.17, 15) is 35.9 Å². The van der Waals surface area contributed by atoms with Crippen molar-refractivity contribution in [1.29, 1.82) is 0 Å². The third-order valence-electron chi connectivity index (χ3n) is 5.81. The number of nitrogens with two attached hydrogens (primary N) is 1. The number of carbonyl (C=O) groups excluding carboxylic acids is 1. The van der Waals surface area contributed by atoms with Crippen molar-refractivity contribution < 1.29 is 44.5 Å². The summed E-state index contributed by atoms with van der Waals surface area (Å²) in [5.74, 6) is -1.44. The van der Waals surface area contributed by atoms with Crippen LogP contribution in [0.1, 0.15) is 33.7 Å². The number of alkyl halides is 4. The molecule has 0 bridgehead atoms. The highest BCUT2D eigenvalue weighted by atomic mass is 32.2. The molecule has 0 spiro atoms. The van der Waals surface area contributed by atoms with Crippen molar-refractivity contribution in [1.82, 2.24) is 14.5 Å². The van der Waals surface area contributed by atoms with Gasteiger partial charge >= 0.3 is 16.5 Å². The lowest BCUT2D eigenvalue weighted by Gasteiger charge is -2.18. The fraction of sp³-hybridized carbons (Fsp3) is 0.381. The number of rotatable bonds is 9. The second-order valence-corrected chi connectivity index (χ2v) is 9.67. The van der Waals surface area contributed by atoms with Gasteiger partial charge in [-0.05, 0) is 18.6 Å². The molecular weight excluding hydrogens is 526 g/mol. The molecule has 3 heterocycles. The Morgan fingerprint density at radius 3 is 2.81 bits per heavy atom. The van der Waals surface area contributed by atoms with E-state index >= 15 is 0 Å². The number of nitrogens with zero attached hydrogens (tertiary/aromatic N) is 3. The fourth-order valence-electron chi connectivity index (χ4n) is 3.99. The summed E-state index contributed by atoms with van der Waals surface area (Å²) in [6.07, 6.45) is -2.16. The largest absolute Gasteiger partial charge is 0.467 e. The number of furan rings is 1. The van der Waals surface area contributed by atoms with Gasteiger partial charge in [0.1, 0.15) is 30.3 Å². The van der Waals surface area contributed by atoms with Crippen LogP contribution < -0.4 is 10.5 Å². The van der Waals surface area contributed by atoms with Crippen molar-refractivity contribution in [2.75, 3.05) is 11.9 Å². The molecule has 3 aromatic rings. The minimum Gasteiger partial charge on any atom is -0.467 e. The first-order valence-electron chi connectivity index (χ1n) is 10.7. The van der Waals surface area contributed by atoms with Crippen LogP contribution in [0.2, 0.25) is 0 Å². The van der Waals surface area contributed by atoms with Crippen LogP contribution in [0.4, 0.5) is 23.4 Å². The summed E-state index contributed by atoms with van der Waals surface area (Å²) < 4.78 is 85.9. The summed E-state index contributed by atoms with van der Waals surface area (Å²) in [5.41, 5.74) is -0.795. The lowest BCUT2D eigenvalue weighted by atomic mass is 10.1. The molecule has 0 aromatic carbocycles. The van der Waals surface area contributed by atoms with Gasteiger partial charge < -0.3 is 19.4 Å². The van der Waals surface area contributed by atoms with Gasteiger partial charge in [0, 0.05) is 30.1 Å². The highest BCUT2D eigenvalue weighted by Gasteiger charge is 2.44. The Morgan fingerprint density at radius 1 is 1.38 bits per heavy atom. The first kappa shape index (κ1) is 26.7. The first-order chi connectivity index (χ1) is 17.3. The quantitative estimate of drug-likeness (QED) is 0.268. The molecule has 4 atom stereocenters. The van der Waals surface area contributed by atoms with Crippen LogP contribution in [-0.2, 0) is 27.2 Å². The molecule has 4 rings (SSSR count). The summed E-state index contributed by atoms with van der Waals surface area (Å²) in [4.78, 5) is 20.9. The molecule has 11 nitrogen and oxygen atoms in total. The Bertz CT molecular complexity index is 1380. The zero-order valence-electron chi connectivity index (χ0n) is 18.8. The van der Waals surface area contributed by atoms with Gasteiger partial charge in [-0.2, -0.15) is 21.6 Å². The third-order valence-corrected chi connectivity index (χ3v) is 6.27. The minimum absolute atomic E-state index is 0.0245. The Hall–Kier alpha value is -3.34. The van der Waals surface area contributed by atoms with E-state index in [0.717, 1.165) is 12.4 Å². The predicted molar refractivity (Wildman–Crippen MR) is 118 cm³/mol. The number of hydrogen-bond donors (Lipinski definition) is 3.